The number of carboxylic acids is 2. The maximum absolute atomic E-state index is 15.7. The van der Waals surface area contributed by atoms with Crippen LogP contribution in [0.2, 0.25) is 0 Å². The van der Waals surface area contributed by atoms with E-state index in [0.29, 0.717) is 42.2 Å². The topological polar surface area (TPSA) is 335 Å². The van der Waals surface area contributed by atoms with E-state index in [1.807, 2.05) is 0 Å². The Morgan fingerprint density at radius 1 is 0.823 bits per heavy atom. The maximum Gasteiger partial charge on any atom is 0.336 e. The Balaban J connectivity index is 0.838. The number of aromatic hydroxyl groups is 1. The first-order valence-corrected chi connectivity index (χ1v) is 28.5. The lowest BCUT2D eigenvalue weighted by Gasteiger charge is -2.25. The Morgan fingerprint density at radius 3 is 2.22 bits per heavy atom. The number of aliphatic carboxylic acids is 1. The molecule has 79 heavy (non-hydrogen) atoms. The summed E-state index contributed by atoms with van der Waals surface area (Å²) < 4.78 is 112. The zero-order valence-corrected chi connectivity index (χ0v) is 44.3. The number of imide groups is 1. The highest BCUT2D eigenvalue weighted by molar-refractivity contribution is 8.00. The van der Waals surface area contributed by atoms with Crippen LogP contribution in [0.1, 0.15) is 74.6 Å². The number of phenols is 1. The highest BCUT2D eigenvalue weighted by Gasteiger charge is 2.41. The van der Waals surface area contributed by atoms with Crippen LogP contribution < -0.4 is 31.0 Å². The number of thioether (sulfide) groups is 1. The molecule has 7 rings (SSSR count). The number of carbonyl (C=O) groups is 6. The molecule has 3 aromatic carbocycles. The maximum atomic E-state index is 15.7. The van der Waals surface area contributed by atoms with Gasteiger partial charge in [0.15, 0.2) is 32.7 Å². The third-order valence-electron chi connectivity index (χ3n) is 12.9. The molecule has 4 aliphatic rings. The van der Waals surface area contributed by atoms with E-state index in [-0.39, 0.29) is 90.9 Å². The van der Waals surface area contributed by atoms with Crippen LogP contribution in [-0.2, 0) is 54.6 Å². The number of nitrogens with one attached hydrogen (secondary N) is 4. The van der Waals surface area contributed by atoms with Crippen molar-refractivity contribution >= 4 is 96.5 Å². The molecule has 2 aliphatic heterocycles. The lowest BCUT2D eigenvalue weighted by atomic mass is 9.90. The average molecular weight is 1160 g/mol. The van der Waals surface area contributed by atoms with Crippen LogP contribution in [0.3, 0.4) is 0 Å². The largest absolute Gasteiger partial charge is 0.508 e. The highest BCUT2D eigenvalue weighted by Crippen LogP contribution is 2.44. The third-order valence-corrected chi connectivity index (χ3v) is 16.3. The molecule has 2 aliphatic carbocycles. The van der Waals surface area contributed by atoms with Crippen LogP contribution in [0.5, 0.6) is 5.75 Å². The van der Waals surface area contributed by atoms with Crippen LogP contribution in [-0.4, -0.2) is 130 Å². The number of anilines is 3. The zero-order chi connectivity index (χ0) is 57.1. The number of rotatable bonds is 25. The van der Waals surface area contributed by atoms with Gasteiger partial charge >= 0.3 is 11.9 Å². The van der Waals surface area contributed by atoms with Crippen molar-refractivity contribution in [3.8, 4) is 28.2 Å². The van der Waals surface area contributed by atoms with Crippen molar-refractivity contribution in [3.05, 3.63) is 87.8 Å². The Morgan fingerprint density at radius 2 is 1.52 bits per heavy atom. The molecule has 0 bridgehead atoms. The summed E-state index contributed by atoms with van der Waals surface area (Å²) in [5.41, 5.74) is -2.01. The number of halogens is 3. The van der Waals surface area contributed by atoms with Crippen LogP contribution in [0.25, 0.3) is 33.4 Å². The second-order valence-electron chi connectivity index (χ2n) is 18.4. The fourth-order valence-electron chi connectivity index (χ4n) is 9.08. The summed E-state index contributed by atoms with van der Waals surface area (Å²) in [4.78, 5) is 88.7. The monoisotopic (exact) mass is 1160 g/mol. The van der Waals surface area contributed by atoms with Crippen LogP contribution in [0.15, 0.2) is 68.7 Å². The van der Waals surface area contributed by atoms with E-state index in [1.54, 1.807) is 4.72 Å². The number of carboxylic acid groups (broad SMARTS) is 2. The van der Waals surface area contributed by atoms with Crippen molar-refractivity contribution in [2.75, 3.05) is 59.4 Å². The van der Waals surface area contributed by atoms with Gasteiger partial charge in [0.1, 0.15) is 33.7 Å². The van der Waals surface area contributed by atoms with Crippen molar-refractivity contribution in [3.63, 3.8) is 0 Å². The molecule has 2 heterocycles. The average Bonchev–Trinajstić information content (AvgIpc) is 3.71. The van der Waals surface area contributed by atoms with Gasteiger partial charge in [0, 0.05) is 66.2 Å². The van der Waals surface area contributed by atoms with E-state index in [2.05, 4.69) is 16.0 Å². The molecule has 4 amide bonds. The van der Waals surface area contributed by atoms with Crippen molar-refractivity contribution in [2.24, 2.45) is 0 Å². The lowest BCUT2D eigenvalue weighted by Crippen LogP contribution is -2.43. The number of aromatic carboxylic acids is 1. The minimum atomic E-state index is -4.88. The van der Waals surface area contributed by atoms with Gasteiger partial charge in [0.25, 0.3) is 11.3 Å². The molecule has 28 heteroatoms. The number of benzene rings is 4. The Kier molecular flexibility index (Phi) is 20.1. The van der Waals surface area contributed by atoms with E-state index in [0.717, 1.165) is 42.0 Å². The fraction of sp³-hybridized carbons (Fsp3) is 0.392. The molecule has 0 radical (unpaired) electrons. The second kappa shape index (κ2) is 26.7. The molecular formula is C51H54F3N5O17S3. The lowest BCUT2D eigenvalue weighted by molar-refractivity contribution is -0.141. The standard InChI is InChI=1S/C51H54F3N5O17S3/c52-43-44(53)48(47(45(54)46(43)58-78(70)71)56-27-6-4-2-1-3-5-7-27)79(72,73)21-15-39(62)55-16-18-75-20-19-74-17-14-40(63)57-35(51(68)69)26-77-38-25-41(64)59(49(38)65)28-8-11-31(34(22-28)50(66)67)42-32-12-9-29(60)23-36(32)76-37-24-30(61)10-13-33(37)42/h8-13,22-24,27,35,38,56,58,60H,1-7,14-21,25-26H2,(H,55,62)(H,57,63)(H,66,67)(H,68,69)(H,70,71). The second-order valence-corrected chi connectivity index (χ2v) is 22.3. The van der Waals surface area contributed by atoms with Gasteiger partial charge in [0.2, 0.25) is 23.6 Å². The third kappa shape index (κ3) is 14.8. The van der Waals surface area contributed by atoms with E-state index in [9.17, 15) is 70.5 Å². The molecule has 3 unspecified atom stereocenters. The van der Waals surface area contributed by atoms with E-state index >= 15 is 8.78 Å². The van der Waals surface area contributed by atoms with E-state index in [4.69, 9.17) is 13.9 Å². The number of amides is 4. The summed E-state index contributed by atoms with van der Waals surface area (Å²) in [5.74, 6) is -12.9. The van der Waals surface area contributed by atoms with Crippen molar-refractivity contribution in [2.45, 2.75) is 86.4 Å². The first-order chi connectivity index (χ1) is 37.6. The zero-order valence-electron chi connectivity index (χ0n) is 41.9. The van der Waals surface area contributed by atoms with Crippen LogP contribution >= 0.6 is 11.8 Å². The van der Waals surface area contributed by atoms with E-state index < -0.39 is 120 Å². The molecule has 8 N–H and O–H groups in total. The van der Waals surface area contributed by atoms with Gasteiger partial charge in [0.05, 0.1) is 54.4 Å². The molecule has 3 atom stereocenters. The van der Waals surface area contributed by atoms with Crippen molar-refractivity contribution in [1.82, 2.24) is 10.6 Å². The number of sulfone groups is 1. The molecular weight excluding hydrogens is 1110 g/mol. The minimum absolute atomic E-state index is 0.0383. The van der Waals surface area contributed by atoms with Crippen LogP contribution in [0.4, 0.5) is 30.2 Å². The molecule has 22 nitrogen and oxygen atoms in total. The van der Waals surface area contributed by atoms with Gasteiger partial charge in [-0.1, -0.05) is 38.2 Å². The summed E-state index contributed by atoms with van der Waals surface area (Å²) in [6.07, 6.45) is 3.62. The number of hydrogen-bond donors (Lipinski definition) is 8. The SMILES string of the molecule is O=C(CCS(=O)(=O)c1c(F)c(F)c(NS(=O)O)c(F)c1NC1CCCCCCC1)NCCOCCOCCC(=O)NC(CSC1CC(=O)N(c2ccc(-c3c4ccc(=O)cc-4oc4cc(O)ccc34)c(C(=O)O)c2)C1=O)C(=O)O. The van der Waals surface area contributed by atoms with Crippen LogP contribution in [0, 0.1) is 17.5 Å². The first kappa shape index (κ1) is 59.5. The number of fused-ring (bicyclic) bond motifs is 2. The van der Waals surface area contributed by atoms with Gasteiger partial charge in [-0.15, -0.1) is 11.8 Å². The van der Waals surface area contributed by atoms with E-state index in [1.165, 1.54) is 48.5 Å². The Bertz CT molecular complexity index is 3320. The predicted octanol–water partition coefficient (Wildman–Crippen LogP) is 5.80. The van der Waals surface area contributed by atoms with Gasteiger partial charge < -0.3 is 45.2 Å². The molecule has 2 fully saturated rings. The molecule has 1 saturated heterocycles. The normalized spacial score (nSPS) is 16.1. The summed E-state index contributed by atoms with van der Waals surface area (Å²) >= 11 is -2.23. The van der Waals surface area contributed by atoms with Crippen molar-refractivity contribution in [1.29, 1.82) is 0 Å². The number of phenolic OH excluding ortho intramolecular Hbond substituents is 1. The summed E-state index contributed by atoms with van der Waals surface area (Å²) in [5, 5.41) is 37.1. The Labute approximate surface area is 455 Å². The highest BCUT2D eigenvalue weighted by atomic mass is 32.2. The quantitative estimate of drug-likeness (QED) is 0.0113. The summed E-state index contributed by atoms with van der Waals surface area (Å²) in [6.45, 7) is -0.482. The van der Waals surface area contributed by atoms with Crippen molar-refractivity contribution < 1.29 is 88.3 Å². The molecule has 1 saturated carbocycles. The predicted molar refractivity (Wildman–Crippen MR) is 282 cm³/mol. The smallest absolute Gasteiger partial charge is 0.336 e. The number of carbonyl (C=O) groups excluding carboxylic acids is 4. The number of nitrogens with zero attached hydrogens (tertiary/aromatic N) is 1. The van der Waals surface area contributed by atoms with Gasteiger partial charge in [-0.2, -0.15) is 0 Å². The van der Waals surface area contributed by atoms with Gasteiger partial charge in [-0.25, -0.2) is 40.3 Å². The first-order valence-electron chi connectivity index (χ1n) is 24.7. The summed E-state index contributed by atoms with van der Waals surface area (Å²) in [6, 6.07) is 10.0. The van der Waals surface area contributed by atoms with Gasteiger partial charge in [-0.05, 0) is 54.8 Å². The molecule has 0 spiro atoms. The minimum Gasteiger partial charge on any atom is -0.508 e. The Hall–Kier alpha value is -7.11. The fourth-order valence-corrected chi connectivity index (χ4v) is 12.1. The molecule has 3 aromatic rings. The van der Waals surface area contributed by atoms with Gasteiger partial charge in [-0.3, -0.25) is 33.2 Å². The number of ether oxygens (including phenoxy) is 2. The molecule has 0 aromatic heterocycles. The molecule has 424 valence electrons. The summed E-state index contributed by atoms with van der Waals surface area (Å²) in [7, 11) is -4.88. The number of hydrogen-bond acceptors (Lipinski definition) is 16.